The third kappa shape index (κ3) is 5.54. The maximum atomic E-state index is 12.0. The van der Waals surface area contributed by atoms with Gasteiger partial charge in [0, 0.05) is 25.1 Å². The SMILES string of the molecule is Cc1ccc(CNC(=O)CCC(=O)Nc2ccc(C)cc2C)cc1. The Labute approximate surface area is 143 Å². The quantitative estimate of drug-likeness (QED) is 0.852. The summed E-state index contributed by atoms with van der Waals surface area (Å²) in [7, 11) is 0. The van der Waals surface area contributed by atoms with Crippen molar-refractivity contribution in [1.29, 1.82) is 0 Å². The van der Waals surface area contributed by atoms with Crippen LogP contribution in [-0.2, 0) is 16.1 Å². The molecule has 2 N–H and O–H groups in total. The van der Waals surface area contributed by atoms with Gasteiger partial charge >= 0.3 is 0 Å². The fraction of sp³-hybridized carbons (Fsp3) is 0.300. The van der Waals surface area contributed by atoms with E-state index in [1.807, 2.05) is 63.2 Å². The van der Waals surface area contributed by atoms with E-state index in [2.05, 4.69) is 10.6 Å². The Hall–Kier alpha value is -2.62. The first kappa shape index (κ1) is 17.7. The highest BCUT2D eigenvalue weighted by atomic mass is 16.2. The van der Waals surface area contributed by atoms with E-state index in [4.69, 9.17) is 0 Å². The van der Waals surface area contributed by atoms with E-state index in [9.17, 15) is 9.59 Å². The Morgan fingerprint density at radius 2 is 1.46 bits per heavy atom. The lowest BCUT2D eigenvalue weighted by atomic mass is 10.1. The molecule has 0 saturated heterocycles. The van der Waals surface area contributed by atoms with Crippen LogP contribution in [0.2, 0.25) is 0 Å². The van der Waals surface area contributed by atoms with Gasteiger partial charge in [-0.25, -0.2) is 0 Å². The number of hydrogen-bond donors (Lipinski definition) is 2. The first-order chi connectivity index (χ1) is 11.4. The molecule has 0 aromatic heterocycles. The predicted molar refractivity (Wildman–Crippen MR) is 96.8 cm³/mol. The Kier molecular flexibility index (Phi) is 6.13. The maximum absolute atomic E-state index is 12.0. The van der Waals surface area contributed by atoms with Gasteiger partial charge in [0.15, 0.2) is 0 Å². The lowest BCUT2D eigenvalue weighted by molar-refractivity contribution is -0.124. The molecule has 0 saturated carbocycles. The third-order valence-corrected chi connectivity index (χ3v) is 3.85. The van der Waals surface area contributed by atoms with Crippen molar-refractivity contribution in [1.82, 2.24) is 5.32 Å². The summed E-state index contributed by atoms with van der Waals surface area (Å²) in [6.07, 6.45) is 0.357. The van der Waals surface area contributed by atoms with Crippen LogP contribution in [0.3, 0.4) is 0 Å². The number of aryl methyl sites for hydroxylation is 3. The summed E-state index contributed by atoms with van der Waals surface area (Å²) in [5.41, 5.74) is 5.21. The smallest absolute Gasteiger partial charge is 0.224 e. The third-order valence-electron chi connectivity index (χ3n) is 3.85. The minimum atomic E-state index is -0.146. The summed E-state index contributed by atoms with van der Waals surface area (Å²) >= 11 is 0. The van der Waals surface area contributed by atoms with Crippen molar-refractivity contribution in [2.75, 3.05) is 5.32 Å². The number of benzene rings is 2. The van der Waals surface area contributed by atoms with Gasteiger partial charge in [0.2, 0.25) is 11.8 Å². The van der Waals surface area contributed by atoms with E-state index in [0.29, 0.717) is 6.54 Å². The van der Waals surface area contributed by atoms with Gasteiger partial charge in [0.25, 0.3) is 0 Å². The molecule has 0 bridgehead atoms. The maximum Gasteiger partial charge on any atom is 0.224 e. The highest BCUT2D eigenvalue weighted by Crippen LogP contribution is 2.16. The minimum absolute atomic E-state index is 0.119. The van der Waals surface area contributed by atoms with Gasteiger partial charge < -0.3 is 10.6 Å². The second kappa shape index (κ2) is 8.29. The number of rotatable bonds is 6. The van der Waals surface area contributed by atoms with Gasteiger partial charge in [-0.2, -0.15) is 0 Å². The zero-order chi connectivity index (χ0) is 17.5. The average molecular weight is 324 g/mol. The summed E-state index contributed by atoms with van der Waals surface area (Å²) in [6, 6.07) is 13.9. The average Bonchev–Trinajstić information content (AvgIpc) is 2.55. The van der Waals surface area contributed by atoms with E-state index < -0.39 is 0 Å². The Morgan fingerprint density at radius 3 is 2.12 bits per heavy atom. The first-order valence-corrected chi connectivity index (χ1v) is 8.13. The second-order valence-corrected chi connectivity index (χ2v) is 6.13. The van der Waals surface area contributed by atoms with Crippen LogP contribution in [0.1, 0.15) is 35.1 Å². The van der Waals surface area contributed by atoms with E-state index >= 15 is 0 Å². The Bertz CT molecular complexity index is 721. The molecule has 0 fully saturated rings. The first-order valence-electron chi connectivity index (χ1n) is 8.13. The van der Waals surface area contributed by atoms with E-state index in [1.54, 1.807) is 0 Å². The summed E-state index contributed by atoms with van der Waals surface area (Å²) in [5, 5.41) is 5.69. The van der Waals surface area contributed by atoms with Crippen LogP contribution in [0, 0.1) is 20.8 Å². The number of nitrogens with one attached hydrogen (secondary N) is 2. The van der Waals surface area contributed by atoms with Crippen molar-refractivity contribution >= 4 is 17.5 Å². The molecule has 24 heavy (non-hydrogen) atoms. The lowest BCUT2D eigenvalue weighted by Gasteiger charge is -2.09. The van der Waals surface area contributed by atoms with Crippen LogP contribution in [0.4, 0.5) is 5.69 Å². The molecule has 2 aromatic carbocycles. The molecule has 0 heterocycles. The summed E-state index contributed by atoms with van der Waals surface area (Å²) in [5.74, 6) is -0.265. The second-order valence-electron chi connectivity index (χ2n) is 6.13. The molecule has 4 heteroatoms. The molecule has 2 amide bonds. The molecule has 0 unspecified atom stereocenters. The van der Waals surface area contributed by atoms with Crippen LogP contribution in [0.15, 0.2) is 42.5 Å². The molecule has 4 nitrogen and oxygen atoms in total. The van der Waals surface area contributed by atoms with Gasteiger partial charge in [-0.3, -0.25) is 9.59 Å². The van der Waals surface area contributed by atoms with Crippen LogP contribution in [0.5, 0.6) is 0 Å². The zero-order valence-electron chi connectivity index (χ0n) is 14.5. The monoisotopic (exact) mass is 324 g/mol. The van der Waals surface area contributed by atoms with Gasteiger partial charge in [0.1, 0.15) is 0 Å². The minimum Gasteiger partial charge on any atom is -0.352 e. The molecular formula is C20H24N2O2. The van der Waals surface area contributed by atoms with Gasteiger partial charge in [-0.15, -0.1) is 0 Å². The summed E-state index contributed by atoms with van der Waals surface area (Å²) in [4.78, 5) is 23.8. The van der Waals surface area contributed by atoms with E-state index in [-0.39, 0.29) is 24.7 Å². The molecule has 0 aliphatic heterocycles. The largest absolute Gasteiger partial charge is 0.352 e. The number of carbonyl (C=O) groups excluding carboxylic acids is 2. The highest BCUT2D eigenvalue weighted by Gasteiger charge is 2.08. The van der Waals surface area contributed by atoms with Gasteiger partial charge in [-0.05, 0) is 38.0 Å². The van der Waals surface area contributed by atoms with Gasteiger partial charge in [-0.1, -0.05) is 47.5 Å². The van der Waals surface area contributed by atoms with Crippen LogP contribution in [-0.4, -0.2) is 11.8 Å². The van der Waals surface area contributed by atoms with Crippen molar-refractivity contribution in [3.63, 3.8) is 0 Å². The number of amides is 2. The fourth-order valence-electron chi connectivity index (χ4n) is 2.39. The van der Waals surface area contributed by atoms with E-state index in [1.165, 1.54) is 5.56 Å². The Morgan fingerprint density at radius 1 is 0.833 bits per heavy atom. The molecule has 0 spiro atoms. The molecule has 0 aliphatic rings. The fourth-order valence-corrected chi connectivity index (χ4v) is 2.39. The topological polar surface area (TPSA) is 58.2 Å². The molecule has 0 atom stereocenters. The van der Waals surface area contributed by atoms with Crippen molar-refractivity contribution in [2.45, 2.75) is 40.2 Å². The summed E-state index contributed by atoms with van der Waals surface area (Å²) < 4.78 is 0. The van der Waals surface area contributed by atoms with Crippen molar-refractivity contribution in [3.05, 3.63) is 64.7 Å². The highest BCUT2D eigenvalue weighted by molar-refractivity contribution is 5.93. The predicted octanol–water partition coefficient (Wildman–Crippen LogP) is 3.65. The number of carbonyl (C=O) groups is 2. The molecule has 126 valence electrons. The number of anilines is 1. The summed E-state index contributed by atoms with van der Waals surface area (Å²) in [6.45, 7) is 6.47. The zero-order valence-corrected chi connectivity index (χ0v) is 14.5. The molecule has 0 aliphatic carbocycles. The van der Waals surface area contributed by atoms with Crippen molar-refractivity contribution in [3.8, 4) is 0 Å². The Balaban J connectivity index is 1.74. The molecular weight excluding hydrogens is 300 g/mol. The normalized spacial score (nSPS) is 10.3. The molecule has 0 radical (unpaired) electrons. The standard InChI is InChI=1S/C20H24N2O2/c1-14-4-7-17(8-5-14)13-21-19(23)10-11-20(24)22-18-9-6-15(2)12-16(18)3/h4-9,12H,10-11,13H2,1-3H3,(H,21,23)(H,22,24). The van der Waals surface area contributed by atoms with Crippen LogP contribution >= 0.6 is 0 Å². The lowest BCUT2D eigenvalue weighted by Crippen LogP contribution is -2.24. The molecule has 2 aromatic rings. The van der Waals surface area contributed by atoms with Crippen molar-refractivity contribution in [2.24, 2.45) is 0 Å². The van der Waals surface area contributed by atoms with Crippen LogP contribution < -0.4 is 10.6 Å². The van der Waals surface area contributed by atoms with E-state index in [0.717, 1.165) is 22.4 Å². The van der Waals surface area contributed by atoms with Gasteiger partial charge in [0.05, 0.1) is 0 Å². The number of hydrogen-bond acceptors (Lipinski definition) is 2. The molecule has 2 rings (SSSR count). The van der Waals surface area contributed by atoms with Crippen molar-refractivity contribution < 1.29 is 9.59 Å². The van der Waals surface area contributed by atoms with Crippen LogP contribution in [0.25, 0.3) is 0 Å².